The molecule has 142 valence electrons. The van der Waals surface area contributed by atoms with Crippen LogP contribution in [0.5, 0.6) is 11.5 Å². The van der Waals surface area contributed by atoms with E-state index in [0.29, 0.717) is 30.4 Å². The van der Waals surface area contributed by atoms with E-state index in [0.717, 1.165) is 18.2 Å². The summed E-state index contributed by atoms with van der Waals surface area (Å²) in [4.78, 5) is 32.7. The molecular weight excluding hydrogens is 358 g/mol. The molecule has 1 N–H and O–H groups in total. The highest BCUT2D eigenvalue weighted by Crippen LogP contribution is 2.31. The van der Waals surface area contributed by atoms with E-state index in [-0.39, 0.29) is 5.56 Å². The summed E-state index contributed by atoms with van der Waals surface area (Å²) in [5.74, 6) is 0.193. The van der Waals surface area contributed by atoms with E-state index < -0.39 is 27.1 Å². The van der Waals surface area contributed by atoms with Gasteiger partial charge in [-0.15, -0.1) is 0 Å². The van der Waals surface area contributed by atoms with Crippen molar-refractivity contribution >= 4 is 23.0 Å². The molecule has 1 amide bonds. The molecule has 0 atom stereocenters. The number of benzene rings is 2. The monoisotopic (exact) mass is 375 g/mol. The Morgan fingerprint density at radius 3 is 2.00 bits per heavy atom. The zero-order chi connectivity index (χ0) is 20.0. The molecular formula is C17H17N3O7. The summed E-state index contributed by atoms with van der Waals surface area (Å²) in [5, 5.41) is 24.4. The largest absolute Gasteiger partial charge is 0.490 e. The number of amides is 1. The Morgan fingerprint density at radius 1 is 0.926 bits per heavy atom. The van der Waals surface area contributed by atoms with Crippen molar-refractivity contribution in [1.82, 2.24) is 0 Å². The van der Waals surface area contributed by atoms with Gasteiger partial charge in [0.15, 0.2) is 11.5 Å². The number of nitrogens with one attached hydrogen (secondary N) is 1. The van der Waals surface area contributed by atoms with Gasteiger partial charge in [0.1, 0.15) is 0 Å². The van der Waals surface area contributed by atoms with E-state index in [1.54, 1.807) is 19.1 Å². The maximum Gasteiger partial charge on any atom is 0.277 e. The summed E-state index contributed by atoms with van der Waals surface area (Å²) < 4.78 is 10.9. The molecule has 2 aromatic carbocycles. The number of non-ortho nitro benzene ring substituents is 2. The lowest BCUT2D eigenvalue weighted by Gasteiger charge is -2.13. The molecule has 0 bridgehead atoms. The van der Waals surface area contributed by atoms with Gasteiger partial charge in [0, 0.05) is 23.9 Å². The van der Waals surface area contributed by atoms with Gasteiger partial charge >= 0.3 is 0 Å². The molecule has 0 fully saturated rings. The normalized spacial score (nSPS) is 10.1. The number of carbonyl (C=O) groups excluding carboxylic acids is 1. The van der Waals surface area contributed by atoms with Crippen molar-refractivity contribution in [1.29, 1.82) is 0 Å². The number of ether oxygens (including phenoxy) is 2. The fourth-order valence-corrected chi connectivity index (χ4v) is 2.27. The van der Waals surface area contributed by atoms with Gasteiger partial charge in [-0.1, -0.05) is 0 Å². The lowest BCUT2D eigenvalue weighted by atomic mass is 10.1. The molecule has 27 heavy (non-hydrogen) atoms. The minimum atomic E-state index is -0.798. The minimum absolute atomic E-state index is 0.206. The van der Waals surface area contributed by atoms with Crippen molar-refractivity contribution in [3.05, 3.63) is 62.2 Å². The van der Waals surface area contributed by atoms with E-state index in [2.05, 4.69) is 5.32 Å². The molecule has 10 nitrogen and oxygen atoms in total. The van der Waals surface area contributed by atoms with Crippen molar-refractivity contribution < 1.29 is 24.1 Å². The van der Waals surface area contributed by atoms with Gasteiger partial charge in [-0.25, -0.2) is 0 Å². The van der Waals surface area contributed by atoms with Gasteiger partial charge in [0.25, 0.3) is 17.3 Å². The van der Waals surface area contributed by atoms with Gasteiger partial charge in [-0.05, 0) is 26.0 Å². The van der Waals surface area contributed by atoms with Crippen LogP contribution < -0.4 is 14.8 Å². The summed E-state index contributed by atoms with van der Waals surface area (Å²) in [7, 11) is 0. The fraction of sp³-hybridized carbons (Fsp3) is 0.235. The molecule has 0 spiro atoms. The van der Waals surface area contributed by atoms with Gasteiger partial charge in [0.2, 0.25) is 0 Å². The van der Waals surface area contributed by atoms with Crippen molar-refractivity contribution in [2.45, 2.75) is 13.8 Å². The Kier molecular flexibility index (Phi) is 6.26. The first-order valence-corrected chi connectivity index (χ1v) is 8.00. The van der Waals surface area contributed by atoms with E-state index in [4.69, 9.17) is 9.47 Å². The van der Waals surface area contributed by atoms with Crippen LogP contribution in [0.25, 0.3) is 0 Å². The van der Waals surface area contributed by atoms with Crippen molar-refractivity contribution in [2.24, 2.45) is 0 Å². The molecule has 0 aliphatic heterocycles. The van der Waals surface area contributed by atoms with Crippen LogP contribution in [0.15, 0.2) is 36.4 Å². The maximum atomic E-state index is 12.4. The van der Waals surface area contributed by atoms with E-state index in [9.17, 15) is 25.0 Å². The quantitative estimate of drug-likeness (QED) is 0.550. The number of nitrogens with zero attached hydrogens (tertiary/aromatic N) is 2. The van der Waals surface area contributed by atoms with Crippen LogP contribution in [0.3, 0.4) is 0 Å². The summed E-state index contributed by atoms with van der Waals surface area (Å²) >= 11 is 0. The minimum Gasteiger partial charge on any atom is -0.490 e. The lowest BCUT2D eigenvalue weighted by molar-refractivity contribution is -0.394. The van der Waals surface area contributed by atoms with Crippen LogP contribution in [-0.2, 0) is 0 Å². The number of nitro benzene ring substituents is 2. The average molecular weight is 375 g/mol. The molecule has 2 rings (SSSR count). The van der Waals surface area contributed by atoms with Gasteiger partial charge in [-0.2, -0.15) is 0 Å². The standard InChI is InChI=1S/C17H17N3O7/c1-3-26-15-6-5-12(9-16(15)27-4-2)18-17(21)11-7-13(19(22)23)10-14(8-11)20(24)25/h5-10H,3-4H2,1-2H3,(H,18,21). The summed E-state index contributed by atoms with van der Waals surface area (Å²) in [6.07, 6.45) is 0. The third-order valence-electron chi connectivity index (χ3n) is 3.39. The third kappa shape index (κ3) is 4.91. The SMILES string of the molecule is CCOc1ccc(NC(=O)c2cc([N+](=O)[O-])cc([N+](=O)[O-])c2)cc1OCC. The number of hydrogen-bond donors (Lipinski definition) is 1. The molecule has 0 heterocycles. The number of nitro groups is 2. The van der Waals surface area contributed by atoms with Gasteiger partial charge < -0.3 is 14.8 Å². The van der Waals surface area contributed by atoms with E-state index in [1.165, 1.54) is 6.07 Å². The number of hydrogen-bond acceptors (Lipinski definition) is 7. The van der Waals surface area contributed by atoms with Gasteiger partial charge in [-0.3, -0.25) is 25.0 Å². The maximum absolute atomic E-state index is 12.4. The average Bonchev–Trinajstić information content (AvgIpc) is 2.63. The Morgan fingerprint density at radius 2 is 1.48 bits per heavy atom. The first-order chi connectivity index (χ1) is 12.8. The smallest absolute Gasteiger partial charge is 0.277 e. The highest BCUT2D eigenvalue weighted by atomic mass is 16.6. The zero-order valence-electron chi connectivity index (χ0n) is 14.6. The number of rotatable bonds is 8. The second-order valence-corrected chi connectivity index (χ2v) is 5.23. The van der Waals surface area contributed by atoms with Crippen LogP contribution in [0.1, 0.15) is 24.2 Å². The Balaban J connectivity index is 2.32. The molecule has 10 heteroatoms. The van der Waals surface area contributed by atoms with Crippen LogP contribution in [0, 0.1) is 20.2 Å². The van der Waals surface area contributed by atoms with Gasteiger partial charge in [0.05, 0.1) is 34.7 Å². The Bertz CT molecular complexity index is 851. The molecule has 0 aliphatic rings. The van der Waals surface area contributed by atoms with Crippen LogP contribution in [-0.4, -0.2) is 29.0 Å². The number of anilines is 1. The molecule has 0 saturated carbocycles. The van der Waals surface area contributed by atoms with Crippen molar-refractivity contribution in [2.75, 3.05) is 18.5 Å². The molecule has 2 aromatic rings. The zero-order valence-corrected chi connectivity index (χ0v) is 14.6. The molecule has 0 saturated heterocycles. The molecule has 0 unspecified atom stereocenters. The molecule has 0 aromatic heterocycles. The van der Waals surface area contributed by atoms with Crippen LogP contribution >= 0.6 is 0 Å². The van der Waals surface area contributed by atoms with Crippen molar-refractivity contribution in [3.63, 3.8) is 0 Å². The Hall–Kier alpha value is -3.69. The van der Waals surface area contributed by atoms with E-state index >= 15 is 0 Å². The molecule has 0 aliphatic carbocycles. The summed E-state index contributed by atoms with van der Waals surface area (Å²) in [5.41, 5.74) is -0.948. The summed E-state index contributed by atoms with van der Waals surface area (Å²) in [6, 6.07) is 7.46. The second-order valence-electron chi connectivity index (χ2n) is 5.23. The van der Waals surface area contributed by atoms with E-state index in [1.807, 2.05) is 6.92 Å². The lowest BCUT2D eigenvalue weighted by Crippen LogP contribution is -2.13. The number of carbonyl (C=O) groups is 1. The predicted octanol–water partition coefficient (Wildman–Crippen LogP) is 3.55. The fourth-order valence-electron chi connectivity index (χ4n) is 2.27. The highest BCUT2D eigenvalue weighted by molar-refractivity contribution is 6.05. The predicted molar refractivity (Wildman–Crippen MR) is 96.5 cm³/mol. The third-order valence-corrected chi connectivity index (χ3v) is 3.39. The van der Waals surface area contributed by atoms with Crippen LogP contribution in [0.4, 0.5) is 17.1 Å². The van der Waals surface area contributed by atoms with Crippen LogP contribution in [0.2, 0.25) is 0 Å². The van der Waals surface area contributed by atoms with Crippen molar-refractivity contribution in [3.8, 4) is 11.5 Å². The first-order valence-electron chi connectivity index (χ1n) is 8.00. The molecule has 0 radical (unpaired) electrons. The summed E-state index contributed by atoms with van der Waals surface area (Å²) in [6.45, 7) is 4.43. The Labute approximate surface area is 154 Å². The second kappa shape index (κ2) is 8.61. The topological polar surface area (TPSA) is 134 Å². The highest BCUT2D eigenvalue weighted by Gasteiger charge is 2.20. The first kappa shape index (κ1) is 19.6.